The van der Waals surface area contributed by atoms with Crippen molar-refractivity contribution in [1.82, 2.24) is 5.06 Å². The van der Waals surface area contributed by atoms with Crippen molar-refractivity contribution in [1.29, 1.82) is 0 Å². The third-order valence-electron chi connectivity index (χ3n) is 5.70. The molecular weight excluding hydrogens is 538 g/mol. The molecular formula is C25H14BrNO9. The van der Waals surface area contributed by atoms with E-state index in [0.29, 0.717) is 26.0 Å². The molecule has 180 valence electrons. The fourth-order valence-corrected chi connectivity index (χ4v) is 4.37. The Bertz CT molecular complexity index is 1640. The van der Waals surface area contributed by atoms with Gasteiger partial charge in [0.2, 0.25) is 0 Å². The van der Waals surface area contributed by atoms with Gasteiger partial charge in [-0.1, -0.05) is 6.07 Å². The van der Waals surface area contributed by atoms with Gasteiger partial charge in [-0.25, -0.2) is 9.59 Å². The number of amides is 2. The number of carbonyl (C=O) groups excluding carboxylic acids is 3. The molecule has 1 aliphatic carbocycles. The van der Waals surface area contributed by atoms with E-state index < -0.39 is 23.8 Å². The number of phenols is 1. The van der Waals surface area contributed by atoms with Gasteiger partial charge in [-0.2, -0.15) is 0 Å². The maximum absolute atomic E-state index is 12.6. The second-order valence-corrected chi connectivity index (χ2v) is 8.82. The molecule has 2 amide bonds. The zero-order valence-electron chi connectivity index (χ0n) is 18.1. The van der Waals surface area contributed by atoms with Crippen molar-refractivity contribution in [2.45, 2.75) is 12.8 Å². The molecule has 0 spiro atoms. The van der Waals surface area contributed by atoms with Crippen LogP contribution in [-0.2, 0) is 14.4 Å². The van der Waals surface area contributed by atoms with Crippen LogP contribution >= 0.6 is 15.9 Å². The predicted molar refractivity (Wildman–Crippen MR) is 127 cm³/mol. The van der Waals surface area contributed by atoms with Crippen molar-refractivity contribution in [2.24, 2.45) is 0 Å². The van der Waals surface area contributed by atoms with Gasteiger partial charge in [0.05, 0.1) is 15.6 Å². The Morgan fingerprint density at radius 2 is 1.64 bits per heavy atom. The van der Waals surface area contributed by atoms with Gasteiger partial charge in [0.15, 0.2) is 5.43 Å². The molecule has 1 saturated heterocycles. The lowest BCUT2D eigenvalue weighted by Crippen LogP contribution is -2.32. The molecule has 0 unspecified atom stereocenters. The van der Waals surface area contributed by atoms with Crippen molar-refractivity contribution in [3.05, 3.63) is 74.4 Å². The van der Waals surface area contributed by atoms with Gasteiger partial charge in [0, 0.05) is 41.5 Å². The van der Waals surface area contributed by atoms with E-state index in [2.05, 4.69) is 15.9 Å². The number of carboxylic acid groups (broad SMARTS) is 1. The summed E-state index contributed by atoms with van der Waals surface area (Å²) in [5.41, 5.74) is 0.371. The Kier molecular flexibility index (Phi) is 5.56. The lowest BCUT2D eigenvalue weighted by molar-refractivity contribution is -0.172. The monoisotopic (exact) mass is 551 g/mol. The van der Waals surface area contributed by atoms with Gasteiger partial charge in [-0.05, 0) is 51.8 Å². The minimum absolute atomic E-state index is 0.0825. The van der Waals surface area contributed by atoms with E-state index in [0.717, 1.165) is 6.07 Å². The van der Waals surface area contributed by atoms with Crippen LogP contribution in [0, 0.1) is 0 Å². The van der Waals surface area contributed by atoms with E-state index >= 15 is 0 Å². The number of fused-ring (bicyclic) bond motifs is 2. The van der Waals surface area contributed by atoms with Gasteiger partial charge in [0.1, 0.15) is 17.1 Å². The zero-order valence-corrected chi connectivity index (χ0v) is 19.7. The number of carboxylic acids is 1. The highest BCUT2D eigenvalue weighted by Gasteiger charge is 2.33. The summed E-state index contributed by atoms with van der Waals surface area (Å²) >= 11 is 3.25. The summed E-state index contributed by atoms with van der Waals surface area (Å²) in [6.07, 6.45) is -0.165. The first kappa shape index (κ1) is 23.2. The molecule has 0 aromatic heterocycles. The van der Waals surface area contributed by atoms with Gasteiger partial charge >= 0.3 is 11.9 Å². The van der Waals surface area contributed by atoms with Crippen LogP contribution in [0.15, 0.2) is 62.2 Å². The van der Waals surface area contributed by atoms with Crippen molar-refractivity contribution in [3.63, 3.8) is 0 Å². The average Bonchev–Trinajstić information content (AvgIpc) is 3.15. The smallest absolute Gasteiger partial charge is 0.363 e. The van der Waals surface area contributed by atoms with E-state index in [1.165, 1.54) is 36.4 Å². The van der Waals surface area contributed by atoms with Gasteiger partial charge in [-0.3, -0.25) is 14.4 Å². The molecule has 3 aliphatic rings. The normalized spacial score (nSPS) is 13.5. The van der Waals surface area contributed by atoms with Crippen LogP contribution in [0.2, 0.25) is 0 Å². The van der Waals surface area contributed by atoms with Crippen LogP contribution in [0.1, 0.15) is 33.6 Å². The van der Waals surface area contributed by atoms with E-state index in [-0.39, 0.29) is 52.1 Å². The fourth-order valence-electron chi connectivity index (χ4n) is 4.03. The SMILES string of the molecule is O=C(ON1C(=O)CCC1=O)c1ccc(-c2c3ccc(=O)cc-3oc3cc(O)c(Br)cc23)c(C(=O)O)c1. The van der Waals surface area contributed by atoms with Crippen LogP contribution < -0.4 is 5.43 Å². The summed E-state index contributed by atoms with van der Waals surface area (Å²) in [6.45, 7) is 0. The zero-order chi connectivity index (χ0) is 25.7. The highest BCUT2D eigenvalue weighted by atomic mass is 79.9. The molecule has 0 radical (unpaired) electrons. The van der Waals surface area contributed by atoms with Crippen LogP contribution in [0.5, 0.6) is 5.75 Å². The molecule has 2 aromatic rings. The summed E-state index contributed by atoms with van der Waals surface area (Å²) in [4.78, 5) is 65.3. The minimum Gasteiger partial charge on any atom is -0.507 e. The maximum Gasteiger partial charge on any atom is 0.363 e. The number of hydrogen-bond acceptors (Lipinski definition) is 8. The number of hydrogen-bond donors (Lipinski definition) is 2. The van der Waals surface area contributed by atoms with Crippen LogP contribution in [0.4, 0.5) is 0 Å². The first-order chi connectivity index (χ1) is 17.1. The highest BCUT2D eigenvalue weighted by Crippen LogP contribution is 2.43. The van der Waals surface area contributed by atoms with Gasteiger partial charge in [0.25, 0.3) is 11.8 Å². The van der Waals surface area contributed by atoms with E-state index in [1.54, 1.807) is 6.07 Å². The molecule has 10 nitrogen and oxygen atoms in total. The number of phenolic OH excluding ortho intramolecular Hbond substituents is 1. The lowest BCUT2D eigenvalue weighted by atomic mass is 9.90. The number of rotatable bonds is 4. The minimum atomic E-state index is -1.37. The van der Waals surface area contributed by atoms with Crippen LogP contribution in [0.3, 0.4) is 0 Å². The summed E-state index contributed by atoms with van der Waals surface area (Å²) < 4.78 is 6.13. The molecule has 5 rings (SSSR count). The second kappa shape index (κ2) is 8.61. The number of nitrogens with zero attached hydrogens (tertiary/aromatic N) is 1. The number of carbonyl (C=O) groups is 4. The highest BCUT2D eigenvalue weighted by molar-refractivity contribution is 9.10. The molecule has 0 atom stereocenters. The Labute approximate surface area is 209 Å². The number of halogens is 1. The third kappa shape index (κ3) is 3.89. The molecule has 2 N–H and O–H groups in total. The quantitative estimate of drug-likeness (QED) is 0.283. The number of aromatic carboxylic acids is 1. The molecule has 36 heavy (non-hydrogen) atoms. The van der Waals surface area contributed by atoms with Crippen LogP contribution in [-0.4, -0.2) is 39.0 Å². The Morgan fingerprint density at radius 1 is 0.944 bits per heavy atom. The molecule has 0 saturated carbocycles. The van der Waals surface area contributed by atoms with Gasteiger partial charge in [-0.15, -0.1) is 5.06 Å². The van der Waals surface area contributed by atoms with Crippen molar-refractivity contribution in [3.8, 4) is 28.2 Å². The average molecular weight is 552 g/mol. The molecule has 1 fully saturated rings. The number of imide groups is 1. The van der Waals surface area contributed by atoms with E-state index in [4.69, 9.17) is 9.25 Å². The standard InChI is InChI=1S/C25H14BrNO9/c26-17-9-16-20(10-18(17)29)35-19-8-12(28)2-4-14(19)23(16)13-3-1-11(7-15(13)24(32)33)25(34)36-27-21(30)5-6-22(27)31/h1-4,7-10,29H,5-6H2,(H,32,33). The number of aromatic hydroxyl groups is 1. The molecule has 2 aromatic carbocycles. The number of hydroxylamine groups is 2. The summed E-state index contributed by atoms with van der Waals surface area (Å²) in [7, 11) is 0. The van der Waals surface area contributed by atoms with Gasteiger partial charge < -0.3 is 19.5 Å². The molecule has 2 aliphatic heterocycles. The molecule has 0 bridgehead atoms. The topological polar surface area (TPSA) is 151 Å². The maximum atomic E-state index is 12.6. The second-order valence-electron chi connectivity index (χ2n) is 7.96. The third-order valence-corrected chi connectivity index (χ3v) is 6.33. The summed E-state index contributed by atoms with van der Waals surface area (Å²) in [5.74, 6) is -3.74. The molecule has 11 heteroatoms. The van der Waals surface area contributed by atoms with Crippen molar-refractivity contribution >= 4 is 50.7 Å². The van der Waals surface area contributed by atoms with E-state index in [1.807, 2.05) is 0 Å². The first-order valence-corrected chi connectivity index (χ1v) is 11.3. The lowest BCUT2D eigenvalue weighted by Gasteiger charge is -2.18. The summed E-state index contributed by atoms with van der Waals surface area (Å²) in [6, 6.07) is 10.7. The van der Waals surface area contributed by atoms with Crippen LogP contribution in [0.25, 0.3) is 33.4 Å². The first-order valence-electron chi connectivity index (χ1n) is 10.5. The fraction of sp³-hybridized carbons (Fsp3) is 0.0800. The van der Waals surface area contributed by atoms with E-state index in [9.17, 15) is 34.2 Å². The van der Waals surface area contributed by atoms with Crippen molar-refractivity contribution in [2.75, 3.05) is 0 Å². The Morgan fingerprint density at radius 3 is 2.33 bits per heavy atom. The largest absolute Gasteiger partial charge is 0.507 e. The summed E-state index contributed by atoms with van der Waals surface area (Å²) in [5, 5.41) is 20.9. The molecule has 2 heterocycles. The van der Waals surface area contributed by atoms with Crippen molar-refractivity contribution < 1.29 is 38.6 Å². The Balaban J connectivity index is 1.71. The Hall–Kier alpha value is -4.51. The predicted octanol–water partition coefficient (Wildman–Crippen LogP) is 3.95. The number of benzene rings is 3.